The van der Waals surface area contributed by atoms with Crippen LogP contribution in [0, 0.1) is 12.8 Å². The van der Waals surface area contributed by atoms with Crippen LogP contribution < -0.4 is 5.32 Å². The van der Waals surface area contributed by atoms with Gasteiger partial charge in [-0.25, -0.2) is 0 Å². The van der Waals surface area contributed by atoms with Gasteiger partial charge >= 0.3 is 0 Å². The standard InChI is InChI=1S/C14H20ClN/c1-11-3-2-4-12(7-11)9-16-10-13-5-6-14(15)8-13/h2-4,7,13-14,16H,5-6,8-10H2,1H3. The SMILES string of the molecule is Cc1cccc(CNCC2CCC(Cl)C2)c1. The Morgan fingerprint density at radius 1 is 1.38 bits per heavy atom. The van der Waals surface area contributed by atoms with Crippen LogP contribution in [0.5, 0.6) is 0 Å². The van der Waals surface area contributed by atoms with Crippen LogP contribution >= 0.6 is 11.6 Å². The fourth-order valence-electron chi connectivity index (χ4n) is 2.44. The van der Waals surface area contributed by atoms with Gasteiger partial charge in [-0.15, -0.1) is 11.6 Å². The number of rotatable bonds is 4. The average Bonchev–Trinajstić information content (AvgIpc) is 2.64. The molecule has 2 rings (SSSR count). The Morgan fingerprint density at radius 2 is 2.25 bits per heavy atom. The molecule has 0 bridgehead atoms. The van der Waals surface area contributed by atoms with E-state index in [0.29, 0.717) is 5.38 Å². The summed E-state index contributed by atoms with van der Waals surface area (Å²) in [5, 5.41) is 3.95. The molecule has 1 nitrogen and oxygen atoms in total. The molecule has 2 unspecified atom stereocenters. The lowest BCUT2D eigenvalue weighted by atomic mass is 10.1. The Bertz CT molecular complexity index is 337. The normalized spacial score (nSPS) is 24.9. The second-order valence-electron chi connectivity index (χ2n) is 4.90. The van der Waals surface area contributed by atoms with E-state index >= 15 is 0 Å². The minimum absolute atomic E-state index is 0.422. The van der Waals surface area contributed by atoms with Gasteiger partial charge in [0.15, 0.2) is 0 Å². The highest BCUT2D eigenvalue weighted by Gasteiger charge is 2.21. The third-order valence-electron chi connectivity index (χ3n) is 3.32. The number of aryl methyl sites for hydroxylation is 1. The summed E-state index contributed by atoms with van der Waals surface area (Å²) in [6.07, 6.45) is 3.66. The van der Waals surface area contributed by atoms with E-state index in [1.807, 2.05) is 0 Å². The van der Waals surface area contributed by atoms with Gasteiger partial charge in [-0.3, -0.25) is 0 Å². The van der Waals surface area contributed by atoms with Crippen molar-refractivity contribution in [3.63, 3.8) is 0 Å². The molecule has 0 radical (unpaired) electrons. The van der Waals surface area contributed by atoms with Crippen LogP contribution in [0.3, 0.4) is 0 Å². The summed E-state index contributed by atoms with van der Waals surface area (Å²) in [6.45, 7) is 4.22. The third-order valence-corrected chi connectivity index (χ3v) is 3.72. The summed E-state index contributed by atoms with van der Waals surface area (Å²) in [5.41, 5.74) is 2.71. The van der Waals surface area contributed by atoms with Gasteiger partial charge in [0.2, 0.25) is 0 Å². The molecule has 1 fully saturated rings. The maximum Gasteiger partial charge on any atom is 0.0339 e. The van der Waals surface area contributed by atoms with Crippen molar-refractivity contribution in [2.45, 2.75) is 38.1 Å². The number of hydrogen-bond donors (Lipinski definition) is 1. The molecule has 0 aliphatic heterocycles. The molecule has 1 aliphatic carbocycles. The van der Waals surface area contributed by atoms with E-state index in [0.717, 1.165) is 19.0 Å². The van der Waals surface area contributed by atoms with Gasteiger partial charge < -0.3 is 5.32 Å². The van der Waals surface area contributed by atoms with Crippen molar-refractivity contribution in [2.24, 2.45) is 5.92 Å². The Morgan fingerprint density at radius 3 is 2.94 bits per heavy atom. The van der Waals surface area contributed by atoms with E-state index in [9.17, 15) is 0 Å². The zero-order chi connectivity index (χ0) is 11.4. The summed E-state index contributed by atoms with van der Waals surface area (Å²) < 4.78 is 0. The first-order valence-corrected chi connectivity index (χ1v) is 6.58. The van der Waals surface area contributed by atoms with Gasteiger partial charge in [-0.2, -0.15) is 0 Å². The molecule has 1 saturated carbocycles. The molecule has 1 aliphatic rings. The Balaban J connectivity index is 1.72. The highest BCUT2D eigenvalue weighted by Crippen LogP contribution is 2.28. The quantitative estimate of drug-likeness (QED) is 0.791. The molecule has 1 aromatic carbocycles. The summed E-state index contributed by atoms with van der Waals surface area (Å²) >= 11 is 6.10. The average molecular weight is 238 g/mol. The molecule has 2 heteroatoms. The first kappa shape index (κ1) is 11.9. The van der Waals surface area contributed by atoms with Crippen molar-refractivity contribution in [2.75, 3.05) is 6.54 Å². The molecule has 1 aromatic rings. The lowest BCUT2D eigenvalue weighted by Gasteiger charge is -2.11. The minimum Gasteiger partial charge on any atom is -0.312 e. The zero-order valence-corrected chi connectivity index (χ0v) is 10.6. The second kappa shape index (κ2) is 5.70. The fourth-order valence-corrected chi connectivity index (χ4v) is 2.82. The summed E-state index contributed by atoms with van der Waals surface area (Å²) in [4.78, 5) is 0. The highest BCUT2D eigenvalue weighted by atomic mass is 35.5. The number of hydrogen-bond acceptors (Lipinski definition) is 1. The largest absolute Gasteiger partial charge is 0.312 e. The van der Waals surface area contributed by atoms with E-state index in [1.54, 1.807) is 0 Å². The third kappa shape index (κ3) is 3.50. The summed E-state index contributed by atoms with van der Waals surface area (Å²) in [7, 11) is 0. The minimum atomic E-state index is 0.422. The van der Waals surface area contributed by atoms with E-state index in [1.165, 1.54) is 30.4 Å². The van der Waals surface area contributed by atoms with Crippen LogP contribution in [0.2, 0.25) is 0 Å². The highest BCUT2D eigenvalue weighted by molar-refractivity contribution is 6.20. The first-order valence-electron chi connectivity index (χ1n) is 6.14. The Hall–Kier alpha value is -0.530. The number of alkyl halides is 1. The molecule has 2 atom stereocenters. The molecular formula is C14H20ClN. The molecule has 1 N–H and O–H groups in total. The van der Waals surface area contributed by atoms with Gasteiger partial charge in [0.1, 0.15) is 0 Å². The first-order chi connectivity index (χ1) is 7.74. The van der Waals surface area contributed by atoms with Gasteiger partial charge in [-0.05, 0) is 44.2 Å². The maximum atomic E-state index is 6.10. The van der Waals surface area contributed by atoms with E-state index in [4.69, 9.17) is 11.6 Å². The molecule has 0 heterocycles. The Kier molecular flexibility index (Phi) is 4.25. The lowest BCUT2D eigenvalue weighted by molar-refractivity contribution is 0.490. The number of benzene rings is 1. The van der Waals surface area contributed by atoms with Crippen LogP contribution in [0.4, 0.5) is 0 Å². The van der Waals surface area contributed by atoms with Gasteiger partial charge in [0.25, 0.3) is 0 Å². The fraction of sp³-hybridized carbons (Fsp3) is 0.571. The molecule has 0 aromatic heterocycles. The van der Waals surface area contributed by atoms with Crippen LogP contribution in [0.25, 0.3) is 0 Å². The van der Waals surface area contributed by atoms with Crippen LogP contribution in [-0.4, -0.2) is 11.9 Å². The van der Waals surface area contributed by atoms with Gasteiger partial charge in [-0.1, -0.05) is 29.8 Å². The zero-order valence-electron chi connectivity index (χ0n) is 9.88. The van der Waals surface area contributed by atoms with E-state index in [2.05, 4.69) is 36.5 Å². The smallest absolute Gasteiger partial charge is 0.0339 e. The van der Waals surface area contributed by atoms with E-state index in [-0.39, 0.29) is 0 Å². The monoisotopic (exact) mass is 237 g/mol. The van der Waals surface area contributed by atoms with Crippen molar-refractivity contribution in [3.8, 4) is 0 Å². The van der Waals surface area contributed by atoms with Gasteiger partial charge in [0, 0.05) is 11.9 Å². The molecule has 16 heavy (non-hydrogen) atoms. The molecular weight excluding hydrogens is 218 g/mol. The van der Waals surface area contributed by atoms with E-state index < -0.39 is 0 Å². The van der Waals surface area contributed by atoms with Crippen molar-refractivity contribution in [1.29, 1.82) is 0 Å². The topological polar surface area (TPSA) is 12.0 Å². The molecule has 0 spiro atoms. The van der Waals surface area contributed by atoms with Gasteiger partial charge in [0.05, 0.1) is 0 Å². The predicted octanol–water partition coefficient (Wildman–Crippen LogP) is 3.49. The Labute approximate surface area is 103 Å². The van der Waals surface area contributed by atoms with Crippen molar-refractivity contribution in [1.82, 2.24) is 5.32 Å². The van der Waals surface area contributed by atoms with Crippen LogP contribution in [0.15, 0.2) is 24.3 Å². The van der Waals surface area contributed by atoms with Crippen molar-refractivity contribution in [3.05, 3.63) is 35.4 Å². The second-order valence-corrected chi connectivity index (χ2v) is 5.51. The summed E-state index contributed by atoms with van der Waals surface area (Å²) in [5.74, 6) is 0.785. The number of nitrogens with one attached hydrogen (secondary N) is 1. The molecule has 0 saturated heterocycles. The molecule has 0 amide bonds. The predicted molar refractivity (Wildman–Crippen MR) is 69.9 cm³/mol. The number of halogens is 1. The van der Waals surface area contributed by atoms with Crippen LogP contribution in [-0.2, 0) is 6.54 Å². The van der Waals surface area contributed by atoms with Crippen LogP contribution in [0.1, 0.15) is 30.4 Å². The summed E-state index contributed by atoms with van der Waals surface area (Å²) in [6, 6.07) is 8.68. The van der Waals surface area contributed by atoms with Crippen molar-refractivity contribution >= 4 is 11.6 Å². The molecule has 88 valence electrons. The maximum absolute atomic E-state index is 6.10. The van der Waals surface area contributed by atoms with Crippen molar-refractivity contribution < 1.29 is 0 Å². The lowest BCUT2D eigenvalue weighted by Crippen LogP contribution is -2.21.